The molecule has 0 unspecified atom stereocenters. The lowest BCUT2D eigenvalue weighted by molar-refractivity contribution is 0.583. The lowest BCUT2D eigenvalue weighted by atomic mass is 10.2. The van der Waals surface area contributed by atoms with Gasteiger partial charge in [0, 0.05) is 17.6 Å². The number of nitrogens with one attached hydrogen (secondary N) is 2. The molecule has 0 spiro atoms. The molecule has 1 aromatic carbocycles. The van der Waals surface area contributed by atoms with Gasteiger partial charge in [0.05, 0.1) is 5.75 Å². The summed E-state index contributed by atoms with van der Waals surface area (Å²) in [5.74, 6) is -0.291. The second-order valence-corrected chi connectivity index (χ2v) is 6.34. The first-order valence-electron chi connectivity index (χ1n) is 5.00. The molecule has 0 amide bonds. The molecular formula is C10H14BrFN2O2S. The van der Waals surface area contributed by atoms with Crippen LogP contribution in [0.4, 0.5) is 4.39 Å². The standard InChI is InChI=1S/C10H14BrFN2O2S/c1-13-17(15,16)5-4-14-7-8-2-3-9(12)6-10(8)11/h2-3,6,13-14H,4-5,7H2,1H3. The molecule has 0 saturated carbocycles. The van der Waals surface area contributed by atoms with Crippen LogP contribution >= 0.6 is 15.9 Å². The Balaban J connectivity index is 2.41. The van der Waals surface area contributed by atoms with E-state index in [2.05, 4.69) is 26.0 Å². The fourth-order valence-corrected chi connectivity index (χ4v) is 2.30. The molecule has 0 aliphatic heterocycles. The van der Waals surface area contributed by atoms with E-state index in [1.54, 1.807) is 6.07 Å². The van der Waals surface area contributed by atoms with Gasteiger partial charge in [-0.15, -0.1) is 0 Å². The zero-order chi connectivity index (χ0) is 12.9. The Labute approximate surface area is 109 Å². The summed E-state index contributed by atoms with van der Waals surface area (Å²) in [6.07, 6.45) is 0. The van der Waals surface area contributed by atoms with Gasteiger partial charge in [-0.2, -0.15) is 0 Å². The van der Waals surface area contributed by atoms with E-state index in [0.29, 0.717) is 17.6 Å². The fourth-order valence-electron chi connectivity index (χ4n) is 1.20. The van der Waals surface area contributed by atoms with Gasteiger partial charge >= 0.3 is 0 Å². The average Bonchev–Trinajstić information content (AvgIpc) is 2.27. The Hall–Kier alpha value is -0.500. The number of hydrogen-bond donors (Lipinski definition) is 2. The molecule has 0 radical (unpaired) electrons. The maximum absolute atomic E-state index is 12.8. The molecule has 0 saturated heterocycles. The molecule has 17 heavy (non-hydrogen) atoms. The summed E-state index contributed by atoms with van der Waals surface area (Å²) in [5.41, 5.74) is 0.883. The van der Waals surface area contributed by atoms with Crippen molar-refractivity contribution < 1.29 is 12.8 Å². The van der Waals surface area contributed by atoms with Gasteiger partial charge in [-0.05, 0) is 24.7 Å². The Morgan fingerprint density at radius 1 is 1.41 bits per heavy atom. The first-order valence-corrected chi connectivity index (χ1v) is 7.45. The lowest BCUT2D eigenvalue weighted by Crippen LogP contribution is -2.29. The van der Waals surface area contributed by atoms with Crippen LogP contribution in [0.5, 0.6) is 0 Å². The summed E-state index contributed by atoms with van der Waals surface area (Å²) >= 11 is 3.24. The molecule has 0 aliphatic rings. The Bertz CT molecular complexity index is 479. The van der Waals surface area contributed by atoms with E-state index >= 15 is 0 Å². The van der Waals surface area contributed by atoms with Crippen molar-refractivity contribution in [1.82, 2.24) is 10.0 Å². The smallest absolute Gasteiger partial charge is 0.212 e. The zero-order valence-corrected chi connectivity index (χ0v) is 11.7. The monoisotopic (exact) mass is 324 g/mol. The third-order valence-corrected chi connectivity index (χ3v) is 4.29. The number of hydrogen-bond acceptors (Lipinski definition) is 3. The van der Waals surface area contributed by atoms with E-state index in [1.807, 2.05) is 0 Å². The summed E-state index contributed by atoms with van der Waals surface area (Å²) in [6, 6.07) is 4.40. The molecule has 1 aromatic rings. The minimum atomic E-state index is -3.17. The second kappa shape index (κ2) is 6.44. The highest BCUT2D eigenvalue weighted by Crippen LogP contribution is 2.17. The summed E-state index contributed by atoms with van der Waals surface area (Å²) in [4.78, 5) is 0. The van der Waals surface area contributed by atoms with Gasteiger partial charge < -0.3 is 5.32 Å². The largest absolute Gasteiger partial charge is 0.312 e. The van der Waals surface area contributed by atoms with Crippen LogP contribution in [0.15, 0.2) is 22.7 Å². The molecule has 0 fully saturated rings. The van der Waals surface area contributed by atoms with Gasteiger partial charge in [0.15, 0.2) is 0 Å². The van der Waals surface area contributed by atoms with Crippen LogP contribution in [-0.2, 0) is 16.6 Å². The summed E-state index contributed by atoms with van der Waals surface area (Å²) in [5, 5.41) is 2.98. The Morgan fingerprint density at radius 2 is 2.12 bits per heavy atom. The van der Waals surface area contributed by atoms with Crippen LogP contribution in [0.2, 0.25) is 0 Å². The van der Waals surface area contributed by atoms with Crippen molar-refractivity contribution in [2.24, 2.45) is 0 Å². The van der Waals surface area contributed by atoms with E-state index in [4.69, 9.17) is 0 Å². The molecule has 0 aliphatic carbocycles. The highest BCUT2D eigenvalue weighted by atomic mass is 79.9. The first-order chi connectivity index (χ1) is 7.94. The average molecular weight is 325 g/mol. The van der Waals surface area contributed by atoms with Gasteiger partial charge in [0.2, 0.25) is 10.0 Å². The molecule has 0 aromatic heterocycles. The topological polar surface area (TPSA) is 58.2 Å². The number of halogens is 2. The molecule has 1 rings (SSSR count). The third-order valence-electron chi connectivity index (χ3n) is 2.19. The van der Waals surface area contributed by atoms with Crippen molar-refractivity contribution in [1.29, 1.82) is 0 Å². The van der Waals surface area contributed by atoms with Crippen LogP contribution in [0.3, 0.4) is 0 Å². The van der Waals surface area contributed by atoms with Crippen molar-refractivity contribution in [2.75, 3.05) is 19.3 Å². The normalized spacial score (nSPS) is 11.7. The van der Waals surface area contributed by atoms with E-state index in [0.717, 1.165) is 5.56 Å². The van der Waals surface area contributed by atoms with Crippen LogP contribution < -0.4 is 10.0 Å². The molecule has 0 bridgehead atoms. The van der Waals surface area contributed by atoms with Crippen LogP contribution in [0.1, 0.15) is 5.56 Å². The van der Waals surface area contributed by atoms with E-state index in [1.165, 1.54) is 19.2 Å². The highest BCUT2D eigenvalue weighted by Gasteiger charge is 2.06. The summed E-state index contributed by atoms with van der Waals surface area (Å²) in [6.45, 7) is 0.826. The minimum absolute atomic E-state index is 0.0162. The van der Waals surface area contributed by atoms with Crippen molar-refractivity contribution in [3.8, 4) is 0 Å². The van der Waals surface area contributed by atoms with Gasteiger partial charge in [-0.1, -0.05) is 22.0 Å². The van der Waals surface area contributed by atoms with E-state index in [9.17, 15) is 12.8 Å². The van der Waals surface area contributed by atoms with Crippen molar-refractivity contribution in [3.63, 3.8) is 0 Å². The third kappa shape index (κ3) is 5.12. The molecule has 0 atom stereocenters. The van der Waals surface area contributed by atoms with E-state index in [-0.39, 0.29) is 11.6 Å². The van der Waals surface area contributed by atoms with Gasteiger partial charge in [0.1, 0.15) is 5.82 Å². The maximum atomic E-state index is 12.8. The predicted octanol–water partition coefficient (Wildman–Crippen LogP) is 1.23. The van der Waals surface area contributed by atoms with Crippen LogP contribution in [0, 0.1) is 5.82 Å². The van der Waals surface area contributed by atoms with Gasteiger partial charge in [0.25, 0.3) is 0 Å². The van der Waals surface area contributed by atoms with Crippen molar-refractivity contribution in [2.45, 2.75) is 6.54 Å². The number of rotatable bonds is 6. The Morgan fingerprint density at radius 3 is 2.71 bits per heavy atom. The van der Waals surface area contributed by atoms with E-state index < -0.39 is 10.0 Å². The van der Waals surface area contributed by atoms with Gasteiger partial charge in [-0.3, -0.25) is 0 Å². The molecule has 0 heterocycles. The lowest BCUT2D eigenvalue weighted by Gasteiger charge is -2.07. The minimum Gasteiger partial charge on any atom is -0.312 e. The van der Waals surface area contributed by atoms with Crippen molar-refractivity contribution in [3.05, 3.63) is 34.1 Å². The maximum Gasteiger partial charge on any atom is 0.212 e. The molecular weight excluding hydrogens is 311 g/mol. The van der Waals surface area contributed by atoms with Crippen molar-refractivity contribution >= 4 is 26.0 Å². The molecule has 96 valence electrons. The first kappa shape index (κ1) is 14.6. The summed E-state index contributed by atoms with van der Waals surface area (Å²) < 4.78 is 37.9. The van der Waals surface area contributed by atoms with Crippen LogP contribution in [0.25, 0.3) is 0 Å². The zero-order valence-electron chi connectivity index (χ0n) is 9.33. The molecule has 4 nitrogen and oxygen atoms in total. The SMILES string of the molecule is CNS(=O)(=O)CCNCc1ccc(F)cc1Br. The fraction of sp³-hybridized carbons (Fsp3) is 0.400. The quantitative estimate of drug-likeness (QED) is 0.774. The van der Waals surface area contributed by atoms with Gasteiger partial charge in [-0.25, -0.2) is 17.5 Å². The molecule has 7 heteroatoms. The summed E-state index contributed by atoms with van der Waals surface area (Å²) in [7, 11) is -1.79. The predicted molar refractivity (Wildman–Crippen MR) is 68.7 cm³/mol. The highest BCUT2D eigenvalue weighted by molar-refractivity contribution is 9.10. The molecule has 2 N–H and O–H groups in total. The van der Waals surface area contributed by atoms with Crippen LogP contribution in [-0.4, -0.2) is 27.8 Å². The second-order valence-electron chi connectivity index (χ2n) is 3.44. The Kier molecular flexibility index (Phi) is 5.51. The number of sulfonamides is 1. The number of benzene rings is 1.